The molecule has 24 heavy (non-hydrogen) atoms. The van der Waals surface area contributed by atoms with E-state index in [1.807, 2.05) is 24.3 Å². The van der Waals surface area contributed by atoms with Crippen LogP contribution in [0.4, 0.5) is 11.5 Å². The molecule has 0 saturated carbocycles. The van der Waals surface area contributed by atoms with Crippen molar-refractivity contribution in [3.8, 4) is 11.1 Å². The van der Waals surface area contributed by atoms with Crippen LogP contribution in [-0.2, 0) is 6.61 Å². The summed E-state index contributed by atoms with van der Waals surface area (Å²) in [6.07, 6.45) is 4.79. The van der Waals surface area contributed by atoms with E-state index in [1.54, 1.807) is 36.8 Å². The van der Waals surface area contributed by atoms with Gasteiger partial charge in [-0.05, 0) is 35.4 Å². The molecule has 120 valence electrons. The summed E-state index contributed by atoms with van der Waals surface area (Å²) in [4.78, 5) is 20.5. The minimum absolute atomic E-state index is 0.0500. The van der Waals surface area contributed by atoms with Gasteiger partial charge in [-0.3, -0.25) is 9.78 Å². The molecule has 0 aliphatic heterocycles. The molecule has 6 heteroatoms. The largest absolute Gasteiger partial charge is 0.392 e. The molecule has 0 atom stereocenters. The summed E-state index contributed by atoms with van der Waals surface area (Å²) in [5.41, 5.74) is 9.16. The lowest BCUT2D eigenvalue weighted by Crippen LogP contribution is -2.15. The Labute approximate surface area is 139 Å². The first-order valence-electron chi connectivity index (χ1n) is 7.34. The lowest BCUT2D eigenvalue weighted by molar-refractivity contribution is 0.102. The van der Waals surface area contributed by atoms with E-state index >= 15 is 0 Å². The number of hydrogen-bond acceptors (Lipinski definition) is 5. The summed E-state index contributed by atoms with van der Waals surface area (Å²) in [5, 5.41) is 12.0. The zero-order valence-corrected chi connectivity index (χ0v) is 12.8. The molecule has 0 saturated heterocycles. The Morgan fingerprint density at radius 2 is 1.92 bits per heavy atom. The molecule has 6 nitrogen and oxygen atoms in total. The zero-order chi connectivity index (χ0) is 16.9. The van der Waals surface area contributed by atoms with E-state index in [2.05, 4.69) is 15.3 Å². The van der Waals surface area contributed by atoms with Crippen molar-refractivity contribution in [3.63, 3.8) is 0 Å². The summed E-state index contributed by atoms with van der Waals surface area (Å²) < 4.78 is 0. The summed E-state index contributed by atoms with van der Waals surface area (Å²) in [7, 11) is 0. The molecule has 0 unspecified atom stereocenters. The average Bonchev–Trinajstić information content (AvgIpc) is 2.63. The normalized spacial score (nSPS) is 10.4. The Balaban J connectivity index is 1.92. The Morgan fingerprint density at radius 3 is 2.67 bits per heavy atom. The molecule has 2 heterocycles. The molecule has 1 aromatic carbocycles. The number of nitrogens with two attached hydrogens (primary N) is 1. The number of nitrogens with zero attached hydrogens (tertiary/aromatic N) is 2. The first kappa shape index (κ1) is 15.6. The van der Waals surface area contributed by atoms with Crippen molar-refractivity contribution >= 4 is 17.4 Å². The van der Waals surface area contributed by atoms with Gasteiger partial charge in [-0.1, -0.05) is 18.2 Å². The number of nitrogens with one attached hydrogen (secondary N) is 1. The third-order valence-electron chi connectivity index (χ3n) is 3.54. The maximum Gasteiger partial charge on any atom is 0.259 e. The maximum atomic E-state index is 12.5. The first-order valence-corrected chi connectivity index (χ1v) is 7.34. The Kier molecular flexibility index (Phi) is 4.49. The highest BCUT2D eigenvalue weighted by Crippen LogP contribution is 2.23. The minimum atomic E-state index is -0.341. The maximum absolute atomic E-state index is 12.5. The Hall–Kier alpha value is -3.25. The number of aliphatic hydroxyl groups excluding tert-OH is 1. The quantitative estimate of drug-likeness (QED) is 0.685. The van der Waals surface area contributed by atoms with Crippen molar-refractivity contribution in [2.75, 3.05) is 11.1 Å². The second-order valence-electron chi connectivity index (χ2n) is 5.21. The summed E-state index contributed by atoms with van der Waals surface area (Å²) in [6.45, 7) is -0.0500. The number of aliphatic hydroxyl groups is 1. The fourth-order valence-electron chi connectivity index (χ4n) is 2.30. The van der Waals surface area contributed by atoms with Gasteiger partial charge in [0.2, 0.25) is 0 Å². The highest BCUT2D eigenvalue weighted by molar-refractivity contribution is 6.07. The summed E-state index contributed by atoms with van der Waals surface area (Å²) >= 11 is 0. The van der Waals surface area contributed by atoms with E-state index in [0.717, 1.165) is 16.7 Å². The zero-order valence-electron chi connectivity index (χ0n) is 12.8. The van der Waals surface area contributed by atoms with Crippen molar-refractivity contribution in [2.24, 2.45) is 0 Å². The molecule has 2 aromatic heterocycles. The van der Waals surface area contributed by atoms with Crippen molar-refractivity contribution in [1.82, 2.24) is 9.97 Å². The highest BCUT2D eigenvalue weighted by atomic mass is 16.3. The highest BCUT2D eigenvalue weighted by Gasteiger charge is 2.13. The van der Waals surface area contributed by atoms with E-state index in [0.29, 0.717) is 11.3 Å². The topological polar surface area (TPSA) is 101 Å². The number of aromatic nitrogens is 2. The van der Waals surface area contributed by atoms with Crippen LogP contribution >= 0.6 is 0 Å². The molecular weight excluding hydrogens is 304 g/mol. The predicted octanol–water partition coefficient (Wildman–Crippen LogP) is 2.47. The van der Waals surface area contributed by atoms with Gasteiger partial charge >= 0.3 is 0 Å². The second kappa shape index (κ2) is 6.89. The van der Waals surface area contributed by atoms with Crippen LogP contribution in [0.2, 0.25) is 0 Å². The van der Waals surface area contributed by atoms with Gasteiger partial charge in [-0.15, -0.1) is 0 Å². The van der Waals surface area contributed by atoms with Gasteiger partial charge in [0, 0.05) is 29.8 Å². The number of pyridine rings is 2. The number of amides is 1. The number of hydrogen-bond donors (Lipinski definition) is 3. The molecule has 1 amide bonds. The summed E-state index contributed by atoms with van der Waals surface area (Å²) in [6, 6.07) is 12.5. The van der Waals surface area contributed by atoms with Gasteiger partial charge in [0.25, 0.3) is 5.91 Å². The molecule has 0 bridgehead atoms. The van der Waals surface area contributed by atoms with E-state index < -0.39 is 0 Å². The van der Waals surface area contributed by atoms with Crippen LogP contribution in [0.5, 0.6) is 0 Å². The molecule has 3 rings (SSSR count). The fourth-order valence-corrected chi connectivity index (χ4v) is 2.30. The summed E-state index contributed by atoms with van der Waals surface area (Å²) in [5.74, 6) is -0.185. The lowest BCUT2D eigenvalue weighted by atomic mass is 10.0. The molecule has 4 N–H and O–H groups in total. The predicted molar refractivity (Wildman–Crippen MR) is 92.2 cm³/mol. The van der Waals surface area contributed by atoms with Crippen LogP contribution in [0.15, 0.2) is 61.1 Å². The number of nitrogen functional groups attached to an aromatic ring is 1. The van der Waals surface area contributed by atoms with Gasteiger partial charge < -0.3 is 16.2 Å². The van der Waals surface area contributed by atoms with E-state index in [1.165, 1.54) is 0 Å². The van der Waals surface area contributed by atoms with Crippen molar-refractivity contribution in [2.45, 2.75) is 6.61 Å². The molecule has 0 aliphatic rings. The van der Waals surface area contributed by atoms with Crippen molar-refractivity contribution in [1.29, 1.82) is 0 Å². The Morgan fingerprint density at radius 1 is 1.12 bits per heavy atom. The van der Waals surface area contributed by atoms with Crippen molar-refractivity contribution in [3.05, 3.63) is 72.2 Å². The number of benzene rings is 1. The van der Waals surface area contributed by atoms with Crippen LogP contribution in [0.25, 0.3) is 11.1 Å². The molecule has 0 aliphatic carbocycles. The SMILES string of the molecule is Nc1ncc(-c2cccc(CO)c2)cc1C(=O)Nc1ccncc1. The van der Waals surface area contributed by atoms with Gasteiger partial charge in [0.05, 0.1) is 12.2 Å². The van der Waals surface area contributed by atoms with Gasteiger partial charge in [-0.25, -0.2) is 4.98 Å². The van der Waals surface area contributed by atoms with E-state index in [9.17, 15) is 9.90 Å². The molecule has 0 radical (unpaired) electrons. The number of rotatable bonds is 4. The lowest BCUT2D eigenvalue weighted by Gasteiger charge is -2.09. The third-order valence-corrected chi connectivity index (χ3v) is 3.54. The van der Waals surface area contributed by atoms with E-state index in [4.69, 9.17) is 5.73 Å². The van der Waals surface area contributed by atoms with Crippen LogP contribution in [0.3, 0.4) is 0 Å². The monoisotopic (exact) mass is 320 g/mol. The molecule has 3 aromatic rings. The molecule has 0 fully saturated rings. The average molecular weight is 320 g/mol. The second-order valence-corrected chi connectivity index (χ2v) is 5.21. The van der Waals surface area contributed by atoms with Crippen LogP contribution < -0.4 is 11.1 Å². The molecule has 0 spiro atoms. The third kappa shape index (κ3) is 3.39. The van der Waals surface area contributed by atoms with Crippen LogP contribution in [0.1, 0.15) is 15.9 Å². The van der Waals surface area contributed by atoms with Gasteiger partial charge in [0.1, 0.15) is 5.82 Å². The Bertz CT molecular complexity index is 866. The van der Waals surface area contributed by atoms with Gasteiger partial charge in [-0.2, -0.15) is 0 Å². The number of anilines is 2. The van der Waals surface area contributed by atoms with Crippen LogP contribution in [0, 0.1) is 0 Å². The van der Waals surface area contributed by atoms with E-state index in [-0.39, 0.29) is 18.3 Å². The fraction of sp³-hybridized carbons (Fsp3) is 0.0556. The van der Waals surface area contributed by atoms with Crippen molar-refractivity contribution < 1.29 is 9.90 Å². The smallest absolute Gasteiger partial charge is 0.259 e. The number of carbonyl (C=O) groups excluding carboxylic acids is 1. The van der Waals surface area contributed by atoms with Gasteiger partial charge in [0.15, 0.2) is 0 Å². The first-order chi connectivity index (χ1) is 11.7. The minimum Gasteiger partial charge on any atom is -0.392 e. The standard InChI is InChI=1S/C18H16N4O2/c19-17-16(18(24)22-15-4-6-20-7-5-15)9-14(10-21-17)13-3-1-2-12(8-13)11-23/h1-10,23H,11H2,(H2,19,21)(H,20,22,24). The number of carbonyl (C=O) groups is 1. The molecular formula is C18H16N4O2. The van der Waals surface area contributed by atoms with Crippen LogP contribution in [-0.4, -0.2) is 21.0 Å².